The Morgan fingerprint density at radius 1 is 0.317 bits per heavy atom. The average molecular weight is 1050 g/mol. The summed E-state index contributed by atoms with van der Waals surface area (Å²) in [6, 6.07) is 76.6. The fourth-order valence-corrected chi connectivity index (χ4v) is 12.9. The number of nitriles is 2. The van der Waals surface area contributed by atoms with E-state index in [1.807, 2.05) is 18.2 Å². The second-order valence-corrected chi connectivity index (χ2v) is 22.4. The van der Waals surface area contributed by atoms with Crippen LogP contribution in [0.4, 0.5) is 5.69 Å². The molecule has 0 radical (unpaired) electrons. The molecule has 5 heteroatoms. The lowest BCUT2D eigenvalue weighted by Crippen LogP contribution is -2.01. The first kappa shape index (κ1) is 51.0. The molecule has 5 nitrogen and oxygen atoms in total. The molecule has 0 bridgehead atoms. The quantitative estimate of drug-likeness (QED) is 0.142. The number of hydrogen-bond acceptors (Lipinski definition) is 2. The molecule has 11 aromatic carbocycles. The summed E-state index contributed by atoms with van der Waals surface area (Å²) in [6.07, 6.45) is 0. The van der Waals surface area contributed by atoms with Crippen molar-refractivity contribution in [2.75, 3.05) is 0 Å². The Kier molecular flexibility index (Phi) is 12.4. The molecule has 0 saturated heterocycles. The summed E-state index contributed by atoms with van der Waals surface area (Å²) in [6.45, 7) is 25.8. The van der Waals surface area contributed by atoms with Crippen LogP contribution in [0.1, 0.15) is 55.6 Å². The lowest BCUT2D eigenvalue weighted by molar-refractivity contribution is 1.17. The molecule has 0 unspecified atom stereocenters. The maximum Gasteiger partial charge on any atom is 0.196 e. The van der Waals surface area contributed by atoms with Crippen LogP contribution >= 0.6 is 0 Å². The number of benzene rings is 11. The Morgan fingerprint density at radius 3 is 1.07 bits per heavy atom. The first-order valence-electron chi connectivity index (χ1n) is 27.9. The Balaban J connectivity index is 1.11. The zero-order chi connectivity index (χ0) is 56.7. The van der Waals surface area contributed by atoms with E-state index in [0.29, 0.717) is 22.4 Å². The molecule has 82 heavy (non-hydrogen) atoms. The Morgan fingerprint density at radius 2 is 0.683 bits per heavy atom. The molecule has 0 amide bonds. The molecule has 0 atom stereocenters. The van der Waals surface area contributed by atoms with E-state index in [2.05, 4.69) is 251 Å². The van der Waals surface area contributed by atoms with Crippen molar-refractivity contribution in [2.45, 2.75) is 55.4 Å². The molecule has 0 N–H and O–H groups in total. The standard InChI is InChI=1S/C77H57N5/c1-45-10-21-60(49(5)32-45)55-16-28-73-68(38-55)69-39-56(61-22-11-46(2)33-50(61)6)17-29-74(69)81(73)59-20-26-64(65-25-14-54(44-79)37-72(65)80-9)66(42-59)67-36-53(43-78)15-27-75(67)82-76-30-18-57(62-23-12-47(3)34-51(62)7)40-70(76)71-41-58(19-31-77(71)82)63-24-13-48(4)35-52(63)8/h10-42H,1-8H3. The maximum atomic E-state index is 10.8. The van der Waals surface area contributed by atoms with Crippen molar-refractivity contribution >= 4 is 49.3 Å². The third kappa shape index (κ3) is 8.62. The van der Waals surface area contributed by atoms with E-state index in [0.717, 1.165) is 93.9 Å². The van der Waals surface area contributed by atoms with Crippen molar-refractivity contribution in [1.29, 1.82) is 10.5 Å². The Bertz CT molecular complexity index is 4780. The predicted molar refractivity (Wildman–Crippen MR) is 341 cm³/mol. The summed E-state index contributed by atoms with van der Waals surface area (Å²) in [5, 5.41) is 25.4. The van der Waals surface area contributed by atoms with Crippen molar-refractivity contribution in [3.63, 3.8) is 0 Å². The van der Waals surface area contributed by atoms with Crippen LogP contribution in [-0.2, 0) is 0 Å². The Hall–Kier alpha value is -10.5. The number of hydrogen-bond donors (Lipinski definition) is 0. The first-order valence-corrected chi connectivity index (χ1v) is 27.9. The second-order valence-electron chi connectivity index (χ2n) is 22.4. The van der Waals surface area contributed by atoms with Crippen LogP contribution in [0.25, 0.3) is 127 Å². The van der Waals surface area contributed by atoms with Gasteiger partial charge in [0.05, 0.1) is 52.0 Å². The van der Waals surface area contributed by atoms with Gasteiger partial charge in [0, 0.05) is 38.4 Å². The number of aryl methyl sites for hydroxylation is 8. The molecule has 0 aliphatic rings. The zero-order valence-electron chi connectivity index (χ0n) is 47.3. The second kappa shape index (κ2) is 20.0. The van der Waals surface area contributed by atoms with Gasteiger partial charge < -0.3 is 9.13 Å². The van der Waals surface area contributed by atoms with Crippen LogP contribution in [0, 0.1) is 84.6 Å². The summed E-state index contributed by atoms with van der Waals surface area (Å²) in [5.74, 6) is 0. The third-order valence-electron chi connectivity index (χ3n) is 16.8. The summed E-state index contributed by atoms with van der Waals surface area (Å²) in [5.41, 5.74) is 29.5. The van der Waals surface area contributed by atoms with Gasteiger partial charge in [0.15, 0.2) is 5.69 Å². The van der Waals surface area contributed by atoms with E-state index in [-0.39, 0.29) is 0 Å². The SMILES string of the molecule is [C-]#[N+]c1cc(C#N)ccc1-c1ccc(-n2c3ccc(-c4ccc(C)cc4C)cc3c3cc(-c4ccc(C)cc4C)ccc32)cc1-c1cc(C#N)ccc1-n1c2ccc(-c3ccc(C)cc3C)cc2c2cc(-c3ccc(C)cc3C)ccc21. The molecule has 0 fully saturated rings. The average Bonchev–Trinajstić information content (AvgIpc) is 2.26. The summed E-state index contributed by atoms with van der Waals surface area (Å²) < 4.78 is 4.72. The normalized spacial score (nSPS) is 11.4. The predicted octanol–water partition coefficient (Wildman–Crippen LogP) is 20.6. The van der Waals surface area contributed by atoms with Gasteiger partial charge in [0.2, 0.25) is 0 Å². The summed E-state index contributed by atoms with van der Waals surface area (Å²) in [7, 11) is 0. The highest BCUT2D eigenvalue weighted by Gasteiger charge is 2.24. The van der Waals surface area contributed by atoms with Gasteiger partial charge in [-0.15, -0.1) is 0 Å². The number of aromatic nitrogens is 2. The highest BCUT2D eigenvalue weighted by atomic mass is 15.0. The highest BCUT2D eigenvalue weighted by molar-refractivity contribution is 6.14. The lowest BCUT2D eigenvalue weighted by Gasteiger charge is -2.20. The van der Waals surface area contributed by atoms with Gasteiger partial charge in [0.1, 0.15) is 0 Å². The minimum atomic E-state index is 0.371. The number of fused-ring (bicyclic) bond motifs is 6. The van der Waals surface area contributed by atoms with Gasteiger partial charge in [-0.1, -0.05) is 131 Å². The lowest BCUT2D eigenvalue weighted by atomic mass is 9.90. The van der Waals surface area contributed by atoms with Gasteiger partial charge in [-0.05, 0) is 230 Å². The van der Waals surface area contributed by atoms with E-state index in [4.69, 9.17) is 6.57 Å². The minimum Gasteiger partial charge on any atom is -0.309 e. The van der Waals surface area contributed by atoms with Crippen molar-refractivity contribution in [3.8, 4) is 90.3 Å². The van der Waals surface area contributed by atoms with E-state index >= 15 is 0 Å². The zero-order valence-corrected chi connectivity index (χ0v) is 47.3. The van der Waals surface area contributed by atoms with Crippen LogP contribution in [0.5, 0.6) is 0 Å². The topological polar surface area (TPSA) is 61.8 Å². The smallest absolute Gasteiger partial charge is 0.196 e. The molecule has 0 aliphatic heterocycles. The van der Waals surface area contributed by atoms with Gasteiger partial charge in [-0.2, -0.15) is 10.5 Å². The fraction of sp³-hybridized carbons (Fsp3) is 0.104. The largest absolute Gasteiger partial charge is 0.309 e. The van der Waals surface area contributed by atoms with E-state index in [1.54, 1.807) is 12.1 Å². The van der Waals surface area contributed by atoms with Gasteiger partial charge in [-0.3, -0.25) is 0 Å². The number of rotatable bonds is 8. The van der Waals surface area contributed by atoms with E-state index in [9.17, 15) is 10.5 Å². The maximum absolute atomic E-state index is 10.8. The fourth-order valence-electron chi connectivity index (χ4n) is 12.9. The molecule has 0 spiro atoms. The molecular formula is C77H57N5. The van der Waals surface area contributed by atoms with Crippen LogP contribution in [0.2, 0.25) is 0 Å². The van der Waals surface area contributed by atoms with E-state index < -0.39 is 0 Å². The Labute approximate surface area is 479 Å². The monoisotopic (exact) mass is 1050 g/mol. The molecular weight excluding hydrogens is 995 g/mol. The van der Waals surface area contributed by atoms with Gasteiger partial charge in [0.25, 0.3) is 0 Å². The van der Waals surface area contributed by atoms with Gasteiger partial charge in [-0.25, -0.2) is 4.85 Å². The van der Waals surface area contributed by atoms with Crippen molar-refractivity contribution < 1.29 is 0 Å². The van der Waals surface area contributed by atoms with E-state index in [1.165, 1.54) is 66.8 Å². The highest BCUT2D eigenvalue weighted by Crippen LogP contribution is 2.47. The molecule has 390 valence electrons. The van der Waals surface area contributed by atoms with Crippen LogP contribution in [0.15, 0.2) is 200 Å². The van der Waals surface area contributed by atoms with Crippen molar-refractivity contribution in [2.24, 2.45) is 0 Å². The minimum absolute atomic E-state index is 0.371. The molecule has 13 aromatic rings. The van der Waals surface area contributed by atoms with Crippen LogP contribution in [0.3, 0.4) is 0 Å². The molecule has 0 saturated carbocycles. The molecule has 2 aromatic heterocycles. The van der Waals surface area contributed by atoms with Crippen molar-refractivity contribution in [3.05, 3.63) is 267 Å². The number of nitrogens with zero attached hydrogens (tertiary/aromatic N) is 5. The summed E-state index contributed by atoms with van der Waals surface area (Å²) >= 11 is 0. The first-order chi connectivity index (χ1) is 39.8. The van der Waals surface area contributed by atoms with Crippen LogP contribution in [-0.4, -0.2) is 9.13 Å². The third-order valence-corrected chi connectivity index (χ3v) is 16.8. The molecule has 0 aliphatic carbocycles. The molecule has 13 rings (SSSR count). The van der Waals surface area contributed by atoms with Gasteiger partial charge >= 0.3 is 0 Å². The van der Waals surface area contributed by atoms with Crippen molar-refractivity contribution in [1.82, 2.24) is 9.13 Å². The van der Waals surface area contributed by atoms with Crippen LogP contribution < -0.4 is 0 Å². The molecule has 2 heterocycles. The summed E-state index contributed by atoms with van der Waals surface area (Å²) in [4.78, 5) is 4.04.